The van der Waals surface area contributed by atoms with Crippen molar-refractivity contribution in [2.24, 2.45) is 0 Å². The van der Waals surface area contributed by atoms with Gasteiger partial charge >= 0.3 is 0 Å². The van der Waals surface area contributed by atoms with E-state index in [1.807, 2.05) is 18.2 Å². The lowest BCUT2D eigenvalue weighted by molar-refractivity contribution is -0.132. The van der Waals surface area contributed by atoms with Crippen LogP contribution in [0.25, 0.3) is 10.6 Å². The lowest BCUT2D eigenvalue weighted by Crippen LogP contribution is -2.50. The van der Waals surface area contributed by atoms with E-state index in [4.69, 9.17) is 4.98 Å². The summed E-state index contributed by atoms with van der Waals surface area (Å²) in [7, 11) is 0. The third-order valence-corrected chi connectivity index (χ3v) is 7.81. The summed E-state index contributed by atoms with van der Waals surface area (Å²) in [6, 6.07) is 18.7. The highest BCUT2D eigenvalue weighted by Gasteiger charge is 2.32. The molecule has 0 radical (unpaired) electrons. The first-order valence-corrected chi connectivity index (χ1v) is 11.8. The van der Waals surface area contributed by atoms with Gasteiger partial charge in [-0.05, 0) is 18.1 Å². The summed E-state index contributed by atoms with van der Waals surface area (Å²) in [6.07, 6.45) is 0.862. The monoisotopic (exact) mass is 421 g/mol. The largest absolute Gasteiger partial charge is 0.339 e. The first-order valence-electron chi connectivity index (χ1n) is 10.0. The predicted octanol–water partition coefficient (Wildman–Crippen LogP) is 4.17. The van der Waals surface area contributed by atoms with Crippen LogP contribution in [0.1, 0.15) is 11.3 Å². The highest BCUT2D eigenvalue weighted by atomic mass is 32.2. The molecule has 148 valence electrons. The Kier molecular flexibility index (Phi) is 5.40. The first kappa shape index (κ1) is 18.9. The van der Waals surface area contributed by atoms with Crippen molar-refractivity contribution < 1.29 is 4.79 Å². The molecule has 0 spiro atoms. The Morgan fingerprint density at radius 1 is 1.00 bits per heavy atom. The zero-order valence-electron chi connectivity index (χ0n) is 16.2. The van der Waals surface area contributed by atoms with Gasteiger partial charge in [-0.3, -0.25) is 9.69 Å². The van der Waals surface area contributed by atoms with E-state index in [-0.39, 0.29) is 5.25 Å². The molecule has 6 heteroatoms. The van der Waals surface area contributed by atoms with Crippen LogP contribution < -0.4 is 0 Å². The van der Waals surface area contributed by atoms with E-state index < -0.39 is 0 Å². The number of hydrogen-bond acceptors (Lipinski definition) is 5. The Hall–Kier alpha value is -2.15. The Morgan fingerprint density at radius 2 is 1.76 bits per heavy atom. The van der Waals surface area contributed by atoms with Crippen molar-refractivity contribution in [3.63, 3.8) is 0 Å². The van der Waals surface area contributed by atoms with Gasteiger partial charge in [0.05, 0.1) is 10.9 Å². The number of rotatable bonds is 4. The van der Waals surface area contributed by atoms with Gasteiger partial charge in [0.1, 0.15) is 5.01 Å². The third kappa shape index (κ3) is 4.10. The molecular formula is C23H23N3OS2. The van der Waals surface area contributed by atoms with Gasteiger partial charge in [-0.15, -0.1) is 23.1 Å². The fourth-order valence-electron chi connectivity index (χ4n) is 3.97. The molecule has 4 nitrogen and oxygen atoms in total. The molecule has 1 saturated heterocycles. The van der Waals surface area contributed by atoms with Crippen LogP contribution in [0.3, 0.4) is 0 Å². The van der Waals surface area contributed by atoms with Gasteiger partial charge in [-0.25, -0.2) is 4.98 Å². The molecular weight excluding hydrogens is 398 g/mol. The lowest BCUT2D eigenvalue weighted by atomic mass is 10.1. The summed E-state index contributed by atoms with van der Waals surface area (Å²) in [5.74, 6) is 0.297. The number of nitrogens with zero attached hydrogens (tertiary/aromatic N) is 3. The normalized spacial score (nSPS) is 19.3. The van der Waals surface area contributed by atoms with Gasteiger partial charge in [0.25, 0.3) is 0 Å². The molecule has 1 fully saturated rings. The Balaban J connectivity index is 1.14. The molecule has 1 unspecified atom stereocenters. The SMILES string of the molecule is O=C(C1Cc2ccccc2S1)N1CCN(Cc2csc(-c3ccccc3)n2)CC1. The molecule has 0 aliphatic carbocycles. The predicted molar refractivity (Wildman–Crippen MR) is 119 cm³/mol. The standard InChI is InChI=1S/C23H23N3OS2/c27-23(21-14-18-8-4-5-9-20(18)29-21)26-12-10-25(11-13-26)15-19-16-28-22(24-19)17-6-2-1-3-7-17/h1-9,16,21H,10-15H2. The van der Waals surface area contributed by atoms with E-state index in [1.54, 1.807) is 23.1 Å². The second kappa shape index (κ2) is 8.30. The zero-order chi connectivity index (χ0) is 19.6. The molecule has 0 saturated carbocycles. The van der Waals surface area contributed by atoms with Gasteiger partial charge < -0.3 is 4.90 Å². The molecule has 2 aromatic carbocycles. The summed E-state index contributed by atoms with van der Waals surface area (Å²) in [5.41, 5.74) is 3.61. The molecule has 3 heterocycles. The van der Waals surface area contributed by atoms with Crippen LogP contribution >= 0.6 is 23.1 Å². The number of thiazole rings is 1. The van der Waals surface area contributed by atoms with Crippen molar-refractivity contribution >= 4 is 29.0 Å². The Bertz CT molecular complexity index is 971. The van der Waals surface area contributed by atoms with Crippen molar-refractivity contribution in [3.8, 4) is 10.6 Å². The minimum atomic E-state index is 0.0471. The summed E-state index contributed by atoms with van der Waals surface area (Å²) in [5, 5.41) is 3.28. The van der Waals surface area contributed by atoms with E-state index in [2.05, 4.69) is 51.6 Å². The number of carbonyl (C=O) groups is 1. The van der Waals surface area contributed by atoms with Crippen LogP contribution in [-0.4, -0.2) is 52.1 Å². The van der Waals surface area contributed by atoms with Gasteiger partial charge in [0, 0.05) is 48.6 Å². The lowest BCUT2D eigenvalue weighted by Gasteiger charge is -2.35. The van der Waals surface area contributed by atoms with Crippen molar-refractivity contribution in [2.45, 2.75) is 23.1 Å². The zero-order valence-corrected chi connectivity index (χ0v) is 17.8. The van der Waals surface area contributed by atoms with Gasteiger partial charge in [-0.1, -0.05) is 48.5 Å². The van der Waals surface area contributed by atoms with Gasteiger partial charge in [-0.2, -0.15) is 0 Å². The molecule has 0 bridgehead atoms. The number of carbonyl (C=O) groups excluding carboxylic acids is 1. The molecule has 5 rings (SSSR count). The van der Waals surface area contributed by atoms with E-state index in [0.29, 0.717) is 5.91 Å². The quantitative estimate of drug-likeness (QED) is 0.634. The van der Waals surface area contributed by atoms with Crippen LogP contribution in [0.2, 0.25) is 0 Å². The van der Waals surface area contributed by atoms with Crippen molar-refractivity contribution in [2.75, 3.05) is 26.2 Å². The minimum Gasteiger partial charge on any atom is -0.339 e. The number of fused-ring (bicyclic) bond motifs is 1. The van der Waals surface area contributed by atoms with Gasteiger partial charge in [0.15, 0.2) is 0 Å². The van der Waals surface area contributed by atoms with Crippen LogP contribution in [0.15, 0.2) is 64.9 Å². The average molecular weight is 422 g/mol. The second-order valence-electron chi connectivity index (χ2n) is 7.53. The summed E-state index contributed by atoms with van der Waals surface area (Å²) < 4.78 is 0. The number of amides is 1. The smallest absolute Gasteiger partial charge is 0.236 e. The number of hydrogen-bond donors (Lipinski definition) is 0. The maximum absolute atomic E-state index is 13.0. The summed E-state index contributed by atoms with van der Waals surface area (Å²) >= 11 is 3.43. The van der Waals surface area contributed by atoms with E-state index in [1.165, 1.54) is 16.0 Å². The first-order chi connectivity index (χ1) is 14.3. The molecule has 29 heavy (non-hydrogen) atoms. The highest BCUT2D eigenvalue weighted by molar-refractivity contribution is 8.01. The summed E-state index contributed by atoms with van der Waals surface area (Å²) in [4.78, 5) is 23.5. The molecule has 1 atom stereocenters. The highest BCUT2D eigenvalue weighted by Crippen LogP contribution is 2.37. The van der Waals surface area contributed by atoms with Crippen molar-refractivity contribution in [3.05, 3.63) is 71.2 Å². The fourth-order valence-corrected chi connectivity index (χ4v) is 6.07. The van der Waals surface area contributed by atoms with Crippen LogP contribution in [-0.2, 0) is 17.8 Å². The minimum absolute atomic E-state index is 0.0471. The molecule has 1 aromatic heterocycles. The Morgan fingerprint density at radius 3 is 2.55 bits per heavy atom. The van der Waals surface area contributed by atoms with Crippen LogP contribution in [0.4, 0.5) is 0 Å². The van der Waals surface area contributed by atoms with Crippen molar-refractivity contribution in [1.82, 2.24) is 14.8 Å². The number of aromatic nitrogens is 1. The molecule has 2 aliphatic heterocycles. The second-order valence-corrected chi connectivity index (χ2v) is 9.63. The maximum Gasteiger partial charge on any atom is 0.236 e. The van der Waals surface area contributed by atoms with Crippen LogP contribution in [0.5, 0.6) is 0 Å². The maximum atomic E-state index is 13.0. The number of benzene rings is 2. The van der Waals surface area contributed by atoms with Crippen LogP contribution in [0, 0.1) is 0 Å². The number of thioether (sulfide) groups is 1. The van der Waals surface area contributed by atoms with E-state index >= 15 is 0 Å². The van der Waals surface area contributed by atoms with Crippen molar-refractivity contribution in [1.29, 1.82) is 0 Å². The number of piperazine rings is 1. The topological polar surface area (TPSA) is 36.4 Å². The Labute approximate surface area is 179 Å². The van der Waals surface area contributed by atoms with E-state index in [0.717, 1.165) is 49.8 Å². The molecule has 0 N–H and O–H groups in total. The molecule has 2 aliphatic rings. The third-order valence-electron chi connectivity index (χ3n) is 5.56. The average Bonchev–Trinajstić information content (AvgIpc) is 3.41. The summed E-state index contributed by atoms with van der Waals surface area (Å²) in [6.45, 7) is 4.29. The molecule has 3 aromatic rings. The van der Waals surface area contributed by atoms with Gasteiger partial charge in [0.2, 0.25) is 5.91 Å². The molecule has 1 amide bonds. The van der Waals surface area contributed by atoms with E-state index in [9.17, 15) is 4.79 Å². The fraction of sp³-hybridized carbons (Fsp3) is 0.304.